The van der Waals surface area contributed by atoms with Gasteiger partial charge in [0.2, 0.25) is 17.6 Å². The van der Waals surface area contributed by atoms with Gasteiger partial charge in [-0.1, -0.05) is 5.16 Å². The van der Waals surface area contributed by atoms with Crippen molar-refractivity contribution in [1.29, 1.82) is 0 Å². The molecule has 27 heavy (non-hydrogen) atoms. The Hall–Kier alpha value is -3.10. The number of aromatic nitrogens is 6. The van der Waals surface area contributed by atoms with Crippen molar-refractivity contribution in [3.05, 3.63) is 42.6 Å². The predicted molar refractivity (Wildman–Crippen MR) is 95.4 cm³/mol. The van der Waals surface area contributed by atoms with Crippen LogP contribution < -0.4 is 0 Å². The molecule has 1 fully saturated rings. The van der Waals surface area contributed by atoms with Gasteiger partial charge in [0.1, 0.15) is 12.2 Å². The summed E-state index contributed by atoms with van der Waals surface area (Å²) in [6.45, 7) is 1.45. The molecule has 9 nitrogen and oxygen atoms in total. The zero-order valence-electron chi connectivity index (χ0n) is 15.2. The molecule has 1 amide bonds. The van der Waals surface area contributed by atoms with Crippen molar-refractivity contribution in [3.8, 4) is 11.4 Å². The molecular weight excluding hydrogens is 346 g/mol. The van der Waals surface area contributed by atoms with E-state index < -0.39 is 0 Å². The van der Waals surface area contributed by atoms with Crippen molar-refractivity contribution in [3.63, 3.8) is 0 Å². The van der Waals surface area contributed by atoms with Gasteiger partial charge in [-0.2, -0.15) is 4.98 Å². The number of nitrogens with zero attached hydrogens (tertiary/aromatic N) is 7. The fraction of sp³-hybridized carbons (Fsp3) is 0.444. The quantitative estimate of drug-likeness (QED) is 0.675. The lowest BCUT2D eigenvalue weighted by atomic mass is 9.97. The molecule has 0 bridgehead atoms. The Labute approximate surface area is 156 Å². The van der Waals surface area contributed by atoms with Gasteiger partial charge in [0.15, 0.2) is 0 Å². The number of rotatable bonds is 5. The van der Waals surface area contributed by atoms with Gasteiger partial charge in [-0.05, 0) is 25.0 Å². The number of carbonyl (C=O) groups excluding carboxylic acids is 1. The Balaban J connectivity index is 1.34. The average Bonchev–Trinajstić information content (AvgIpc) is 3.36. The fourth-order valence-electron chi connectivity index (χ4n) is 3.42. The smallest absolute Gasteiger partial charge is 0.227 e. The molecule has 1 saturated heterocycles. The van der Waals surface area contributed by atoms with Crippen LogP contribution in [-0.4, -0.2) is 53.8 Å². The summed E-state index contributed by atoms with van der Waals surface area (Å²) in [5.41, 5.74) is 0.793. The highest BCUT2D eigenvalue weighted by molar-refractivity contribution is 5.76. The first-order chi connectivity index (χ1) is 13.2. The number of piperidine rings is 1. The lowest BCUT2D eigenvalue weighted by Gasteiger charge is -2.32. The summed E-state index contributed by atoms with van der Waals surface area (Å²) in [7, 11) is 1.94. The molecule has 1 atom stereocenters. The highest BCUT2D eigenvalue weighted by atomic mass is 16.5. The molecule has 0 N–H and O–H groups in total. The summed E-state index contributed by atoms with van der Waals surface area (Å²) in [4.78, 5) is 22.9. The van der Waals surface area contributed by atoms with E-state index in [-0.39, 0.29) is 11.8 Å². The highest BCUT2D eigenvalue weighted by Gasteiger charge is 2.27. The largest absolute Gasteiger partial charge is 0.342 e. The Bertz CT molecular complexity index is 905. The Kier molecular flexibility index (Phi) is 4.91. The van der Waals surface area contributed by atoms with Crippen LogP contribution in [0.4, 0.5) is 0 Å². The maximum absolute atomic E-state index is 12.6. The number of likely N-dealkylation sites (tertiary alicyclic amines) is 1. The summed E-state index contributed by atoms with van der Waals surface area (Å²) in [5.74, 6) is 2.22. The first-order valence-electron chi connectivity index (χ1n) is 9.05. The third kappa shape index (κ3) is 3.86. The molecule has 3 aromatic heterocycles. The van der Waals surface area contributed by atoms with Crippen LogP contribution in [0.3, 0.4) is 0 Å². The number of pyridine rings is 1. The fourth-order valence-corrected chi connectivity index (χ4v) is 3.42. The molecule has 140 valence electrons. The number of carbonyl (C=O) groups is 1. The van der Waals surface area contributed by atoms with Gasteiger partial charge in [-0.25, -0.2) is 0 Å². The van der Waals surface area contributed by atoms with Crippen LogP contribution in [0, 0.1) is 0 Å². The minimum Gasteiger partial charge on any atom is -0.342 e. The van der Waals surface area contributed by atoms with Crippen LogP contribution in [0.15, 0.2) is 35.4 Å². The molecular formula is C18H21N7O2. The molecule has 3 aromatic rings. The first-order valence-corrected chi connectivity index (χ1v) is 9.05. The van der Waals surface area contributed by atoms with Gasteiger partial charge in [0.25, 0.3) is 0 Å². The average molecular weight is 367 g/mol. The number of hydrogen-bond acceptors (Lipinski definition) is 7. The number of aryl methyl sites for hydroxylation is 2. The predicted octanol–water partition coefficient (Wildman–Crippen LogP) is 1.60. The van der Waals surface area contributed by atoms with E-state index in [9.17, 15) is 4.79 Å². The van der Waals surface area contributed by atoms with E-state index in [4.69, 9.17) is 4.52 Å². The minimum absolute atomic E-state index is 0.1000. The second kappa shape index (κ2) is 7.65. The van der Waals surface area contributed by atoms with Crippen molar-refractivity contribution < 1.29 is 9.32 Å². The summed E-state index contributed by atoms with van der Waals surface area (Å²) < 4.78 is 7.20. The summed E-state index contributed by atoms with van der Waals surface area (Å²) >= 11 is 0. The Morgan fingerprint density at radius 2 is 2.33 bits per heavy atom. The van der Waals surface area contributed by atoms with Crippen molar-refractivity contribution in [2.45, 2.75) is 31.6 Å². The molecule has 0 radical (unpaired) electrons. The van der Waals surface area contributed by atoms with Gasteiger partial charge >= 0.3 is 0 Å². The maximum atomic E-state index is 12.6. The molecule has 0 spiro atoms. The molecule has 0 aliphatic carbocycles. The Morgan fingerprint density at radius 3 is 3.11 bits per heavy atom. The molecule has 0 saturated carbocycles. The SMILES string of the molecule is Cn1cnnc1[C@H]1CCCN(C(=O)CCc2nc(-c3cccnc3)no2)C1. The molecule has 4 heterocycles. The van der Waals surface area contributed by atoms with Crippen LogP contribution in [0.2, 0.25) is 0 Å². The summed E-state index contributed by atoms with van der Waals surface area (Å²) in [5, 5.41) is 12.1. The number of amides is 1. The number of hydrogen-bond donors (Lipinski definition) is 0. The van der Waals surface area contributed by atoms with Gasteiger partial charge < -0.3 is 14.0 Å². The van der Waals surface area contributed by atoms with Crippen molar-refractivity contribution in [2.24, 2.45) is 7.05 Å². The van der Waals surface area contributed by atoms with E-state index in [0.29, 0.717) is 31.1 Å². The van der Waals surface area contributed by atoms with E-state index in [0.717, 1.165) is 30.8 Å². The highest BCUT2D eigenvalue weighted by Crippen LogP contribution is 2.25. The van der Waals surface area contributed by atoms with Crippen LogP contribution in [0.5, 0.6) is 0 Å². The first kappa shape index (κ1) is 17.3. The third-order valence-corrected chi connectivity index (χ3v) is 4.83. The van der Waals surface area contributed by atoms with Crippen LogP contribution in [0.25, 0.3) is 11.4 Å². The topological polar surface area (TPSA) is 103 Å². The normalized spacial score (nSPS) is 17.2. The lowest BCUT2D eigenvalue weighted by Crippen LogP contribution is -2.39. The lowest BCUT2D eigenvalue weighted by molar-refractivity contribution is -0.132. The van der Waals surface area contributed by atoms with Gasteiger partial charge in [0, 0.05) is 56.9 Å². The van der Waals surface area contributed by atoms with Crippen LogP contribution >= 0.6 is 0 Å². The molecule has 9 heteroatoms. The standard InChI is InChI=1S/C18H21N7O2/c1-24-12-20-22-18(24)14-5-3-9-25(11-14)16(26)7-6-15-21-17(23-27-15)13-4-2-8-19-10-13/h2,4,8,10,12,14H,3,5-7,9,11H2,1H3/t14-/m0/s1. The van der Waals surface area contributed by atoms with E-state index in [1.54, 1.807) is 18.7 Å². The van der Waals surface area contributed by atoms with E-state index >= 15 is 0 Å². The van der Waals surface area contributed by atoms with Crippen molar-refractivity contribution in [2.75, 3.05) is 13.1 Å². The van der Waals surface area contributed by atoms with Gasteiger partial charge in [0.05, 0.1) is 0 Å². The zero-order valence-corrected chi connectivity index (χ0v) is 15.2. The minimum atomic E-state index is 0.1000. The van der Waals surface area contributed by atoms with Crippen molar-refractivity contribution in [1.82, 2.24) is 34.8 Å². The van der Waals surface area contributed by atoms with E-state index in [2.05, 4.69) is 25.3 Å². The van der Waals surface area contributed by atoms with E-state index in [1.807, 2.05) is 28.6 Å². The molecule has 1 aliphatic rings. The molecule has 0 unspecified atom stereocenters. The zero-order chi connectivity index (χ0) is 18.6. The maximum Gasteiger partial charge on any atom is 0.227 e. The van der Waals surface area contributed by atoms with E-state index in [1.165, 1.54) is 0 Å². The van der Waals surface area contributed by atoms with Crippen molar-refractivity contribution >= 4 is 5.91 Å². The molecule has 1 aliphatic heterocycles. The monoisotopic (exact) mass is 367 g/mol. The summed E-state index contributed by atoms with van der Waals surface area (Å²) in [6, 6.07) is 3.69. The Morgan fingerprint density at radius 1 is 1.41 bits per heavy atom. The third-order valence-electron chi connectivity index (χ3n) is 4.83. The second-order valence-corrected chi connectivity index (χ2v) is 6.73. The van der Waals surface area contributed by atoms with Gasteiger partial charge in [-0.15, -0.1) is 10.2 Å². The van der Waals surface area contributed by atoms with Gasteiger partial charge in [-0.3, -0.25) is 9.78 Å². The molecule has 4 rings (SSSR count). The van der Waals surface area contributed by atoms with Crippen LogP contribution in [0.1, 0.15) is 36.9 Å². The van der Waals surface area contributed by atoms with Crippen LogP contribution in [-0.2, 0) is 18.3 Å². The molecule has 0 aromatic carbocycles. The second-order valence-electron chi connectivity index (χ2n) is 6.73. The summed E-state index contributed by atoms with van der Waals surface area (Å²) in [6.07, 6.45) is 7.84.